The number of hydrogen-bond donors (Lipinski definition) is 1. The summed E-state index contributed by atoms with van der Waals surface area (Å²) in [7, 11) is 0. The molecule has 1 nitrogen and oxygen atoms in total. The molecular weight excluding hydrogens is 180 g/mol. The Morgan fingerprint density at radius 2 is 2.15 bits per heavy atom. The van der Waals surface area contributed by atoms with Crippen molar-refractivity contribution in [2.75, 3.05) is 6.61 Å². The molecule has 13 heavy (non-hydrogen) atoms. The van der Waals surface area contributed by atoms with Crippen molar-refractivity contribution in [3.8, 4) is 0 Å². The largest absolute Gasteiger partial charge is 0.395 e. The summed E-state index contributed by atoms with van der Waals surface area (Å²) in [6.45, 7) is 4.64. The second-order valence-corrected chi connectivity index (χ2v) is 5.58. The molecule has 1 aromatic heterocycles. The van der Waals surface area contributed by atoms with Crippen LogP contribution in [0.1, 0.15) is 34.6 Å². The summed E-state index contributed by atoms with van der Waals surface area (Å²) < 4.78 is 0. The van der Waals surface area contributed by atoms with E-state index < -0.39 is 0 Å². The number of thiophene rings is 1. The highest BCUT2D eigenvalue weighted by molar-refractivity contribution is 7.12. The monoisotopic (exact) mass is 196 g/mol. The Kier molecular flexibility index (Phi) is 2.20. The van der Waals surface area contributed by atoms with Gasteiger partial charge in [-0.05, 0) is 38.3 Å². The molecule has 0 saturated heterocycles. The molecule has 1 heterocycles. The quantitative estimate of drug-likeness (QED) is 0.771. The van der Waals surface area contributed by atoms with Gasteiger partial charge in [0, 0.05) is 15.2 Å². The van der Waals surface area contributed by atoms with E-state index in [0.29, 0.717) is 6.61 Å². The van der Waals surface area contributed by atoms with Gasteiger partial charge in [0.25, 0.3) is 0 Å². The molecule has 1 N–H and O–H groups in total. The van der Waals surface area contributed by atoms with Crippen molar-refractivity contribution >= 4 is 11.3 Å². The summed E-state index contributed by atoms with van der Waals surface area (Å²) in [5.74, 6) is 0. The summed E-state index contributed by atoms with van der Waals surface area (Å²) in [6, 6.07) is 2.26. The van der Waals surface area contributed by atoms with Crippen LogP contribution >= 0.6 is 11.3 Å². The predicted octanol–water partition coefficient (Wildman–Crippen LogP) is 2.78. The van der Waals surface area contributed by atoms with Gasteiger partial charge in [-0.1, -0.05) is 6.42 Å². The number of aliphatic hydroxyl groups is 1. The van der Waals surface area contributed by atoms with Crippen LogP contribution in [-0.2, 0) is 5.41 Å². The zero-order valence-corrected chi connectivity index (χ0v) is 9.08. The molecule has 1 saturated carbocycles. The Balaban J connectivity index is 2.37. The fourth-order valence-electron chi connectivity index (χ4n) is 2.27. The first-order valence-electron chi connectivity index (χ1n) is 4.86. The van der Waals surface area contributed by atoms with E-state index >= 15 is 0 Å². The minimum absolute atomic E-state index is 0.134. The Bertz CT molecular complexity index is 304. The Hall–Kier alpha value is -0.340. The molecule has 0 unspecified atom stereocenters. The topological polar surface area (TPSA) is 20.2 Å². The number of rotatable bonds is 2. The molecule has 0 aromatic carbocycles. The molecule has 1 aliphatic carbocycles. The first kappa shape index (κ1) is 9.22. The van der Waals surface area contributed by atoms with E-state index in [2.05, 4.69) is 19.9 Å². The standard InChI is InChI=1S/C11H16OS/c1-8-6-10(9(2)13-8)11(7-12)4-3-5-11/h6,12H,3-5,7H2,1-2H3. The SMILES string of the molecule is Cc1cc(C2(CO)CCC2)c(C)s1. The zero-order chi connectivity index (χ0) is 9.47. The minimum Gasteiger partial charge on any atom is -0.395 e. The van der Waals surface area contributed by atoms with Crippen molar-refractivity contribution in [3.63, 3.8) is 0 Å². The zero-order valence-electron chi connectivity index (χ0n) is 8.26. The van der Waals surface area contributed by atoms with Crippen LogP contribution in [0, 0.1) is 13.8 Å². The van der Waals surface area contributed by atoms with E-state index in [0.717, 1.165) is 0 Å². The predicted molar refractivity (Wildman–Crippen MR) is 56.4 cm³/mol. The van der Waals surface area contributed by atoms with E-state index in [1.165, 1.54) is 34.6 Å². The third-order valence-electron chi connectivity index (χ3n) is 3.23. The van der Waals surface area contributed by atoms with Gasteiger partial charge in [-0.2, -0.15) is 0 Å². The summed E-state index contributed by atoms with van der Waals surface area (Å²) in [6.07, 6.45) is 3.61. The molecule has 0 bridgehead atoms. The Morgan fingerprint density at radius 3 is 2.46 bits per heavy atom. The van der Waals surface area contributed by atoms with Crippen LogP contribution in [-0.4, -0.2) is 11.7 Å². The van der Waals surface area contributed by atoms with Crippen LogP contribution in [0.4, 0.5) is 0 Å². The van der Waals surface area contributed by atoms with E-state index in [1.54, 1.807) is 0 Å². The summed E-state index contributed by atoms with van der Waals surface area (Å²) in [4.78, 5) is 2.76. The van der Waals surface area contributed by atoms with Crippen molar-refractivity contribution in [2.45, 2.75) is 38.5 Å². The van der Waals surface area contributed by atoms with Crippen molar-refractivity contribution in [1.29, 1.82) is 0 Å². The highest BCUT2D eigenvalue weighted by atomic mass is 32.1. The maximum Gasteiger partial charge on any atom is 0.0528 e. The Labute approximate surface area is 83.4 Å². The van der Waals surface area contributed by atoms with E-state index in [9.17, 15) is 5.11 Å². The molecule has 0 amide bonds. The molecule has 1 aliphatic rings. The fourth-order valence-corrected chi connectivity index (χ4v) is 3.32. The van der Waals surface area contributed by atoms with Gasteiger partial charge in [-0.3, -0.25) is 0 Å². The van der Waals surface area contributed by atoms with Crippen LogP contribution in [0.3, 0.4) is 0 Å². The lowest BCUT2D eigenvalue weighted by atomic mass is 9.65. The van der Waals surface area contributed by atoms with Gasteiger partial charge < -0.3 is 5.11 Å². The van der Waals surface area contributed by atoms with Gasteiger partial charge in [-0.15, -0.1) is 11.3 Å². The lowest BCUT2D eigenvalue weighted by molar-refractivity contribution is 0.120. The normalized spacial score (nSPS) is 19.9. The number of hydrogen-bond acceptors (Lipinski definition) is 2. The smallest absolute Gasteiger partial charge is 0.0528 e. The molecule has 1 fully saturated rings. The van der Waals surface area contributed by atoms with Crippen LogP contribution in [0.2, 0.25) is 0 Å². The van der Waals surface area contributed by atoms with Gasteiger partial charge in [-0.25, -0.2) is 0 Å². The minimum atomic E-state index is 0.134. The van der Waals surface area contributed by atoms with Crippen LogP contribution in [0.25, 0.3) is 0 Å². The molecule has 0 radical (unpaired) electrons. The number of aryl methyl sites for hydroxylation is 2. The first-order valence-corrected chi connectivity index (χ1v) is 5.68. The molecular formula is C11H16OS. The van der Waals surface area contributed by atoms with Gasteiger partial charge in [0.15, 0.2) is 0 Å². The van der Waals surface area contributed by atoms with Crippen LogP contribution in [0.5, 0.6) is 0 Å². The van der Waals surface area contributed by atoms with Gasteiger partial charge >= 0.3 is 0 Å². The molecule has 2 heteroatoms. The first-order chi connectivity index (χ1) is 6.18. The summed E-state index contributed by atoms with van der Waals surface area (Å²) in [5.41, 5.74) is 1.54. The van der Waals surface area contributed by atoms with E-state index in [4.69, 9.17) is 0 Å². The third kappa shape index (κ3) is 1.32. The summed E-state index contributed by atoms with van der Waals surface area (Å²) in [5, 5.41) is 9.43. The second kappa shape index (κ2) is 3.10. The fraction of sp³-hybridized carbons (Fsp3) is 0.636. The van der Waals surface area contributed by atoms with Crippen molar-refractivity contribution in [1.82, 2.24) is 0 Å². The van der Waals surface area contributed by atoms with Gasteiger partial charge in [0.1, 0.15) is 0 Å². The lowest BCUT2D eigenvalue weighted by Crippen LogP contribution is -2.38. The van der Waals surface area contributed by atoms with Crippen molar-refractivity contribution < 1.29 is 5.11 Å². The Morgan fingerprint density at radius 1 is 1.46 bits per heavy atom. The molecule has 72 valence electrons. The average molecular weight is 196 g/mol. The second-order valence-electron chi connectivity index (χ2n) is 4.12. The van der Waals surface area contributed by atoms with Crippen LogP contribution < -0.4 is 0 Å². The molecule has 0 spiro atoms. The van der Waals surface area contributed by atoms with E-state index in [-0.39, 0.29) is 5.41 Å². The van der Waals surface area contributed by atoms with Crippen molar-refractivity contribution in [2.24, 2.45) is 0 Å². The highest BCUT2D eigenvalue weighted by Crippen LogP contribution is 2.46. The molecule has 0 atom stereocenters. The average Bonchev–Trinajstić information content (AvgIpc) is 2.30. The summed E-state index contributed by atoms with van der Waals surface area (Å²) >= 11 is 1.85. The number of aliphatic hydroxyl groups excluding tert-OH is 1. The highest BCUT2D eigenvalue weighted by Gasteiger charge is 2.39. The van der Waals surface area contributed by atoms with Gasteiger partial charge in [0.2, 0.25) is 0 Å². The maximum atomic E-state index is 9.43. The van der Waals surface area contributed by atoms with Gasteiger partial charge in [0.05, 0.1) is 6.61 Å². The van der Waals surface area contributed by atoms with E-state index in [1.807, 2.05) is 11.3 Å². The molecule has 2 rings (SSSR count). The van der Waals surface area contributed by atoms with Crippen LogP contribution in [0.15, 0.2) is 6.07 Å². The maximum absolute atomic E-state index is 9.43. The third-order valence-corrected chi connectivity index (χ3v) is 4.19. The lowest BCUT2D eigenvalue weighted by Gasteiger charge is -2.40. The molecule has 0 aliphatic heterocycles. The van der Waals surface area contributed by atoms with Crippen molar-refractivity contribution in [3.05, 3.63) is 21.4 Å². The molecule has 1 aromatic rings.